The molecule has 0 spiro atoms. The zero-order valence-electron chi connectivity index (χ0n) is 10.6. The van der Waals surface area contributed by atoms with Gasteiger partial charge in [0.25, 0.3) is 0 Å². The SMILES string of the molecule is Cc1c(C)c2c(c(C)c1O)C=CC(C)(CBr)O2. The molecule has 1 unspecified atom stereocenters. The van der Waals surface area contributed by atoms with E-state index in [4.69, 9.17) is 4.74 Å². The molecule has 2 rings (SSSR count). The summed E-state index contributed by atoms with van der Waals surface area (Å²) in [7, 11) is 0. The molecule has 0 radical (unpaired) electrons. The molecule has 1 atom stereocenters. The Labute approximate surface area is 110 Å². The van der Waals surface area contributed by atoms with Crippen LogP contribution in [0.2, 0.25) is 0 Å². The molecule has 0 bridgehead atoms. The first-order chi connectivity index (χ1) is 7.89. The van der Waals surface area contributed by atoms with E-state index in [1.807, 2.05) is 39.8 Å². The van der Waals surface area contributed by atoms with Gasteiger partial charge in [-0.3, -0.25) is 0 Å². The predicted molar refractivity (Wildman–Crippen MR) is 74.2 cm³/mol. The van der Waals surface area contributed by atoms with E-state index < -0.39 is 0 Å². The molecule has 3 heteroatoms. The lowest BCUT2D eigenvalue weighted by atomic mass is 9.93. The summed E-state index contributed by atoms with van der Waals surface area (Å²) in [6.07, 6.45) is 4.08. The van der Waals surface area contributed by atoms with Crippen LogP contribution in [0.1, 0.15) is 29.2 Å². The second-order valence-electron chi connectivity index (χ2n) is 4.85. The number of rotatable bonds is 1. The van der Waals surface area contributed by atoms with Gasteiger partial charge in [0, 0.05) is 16.5 Å². The summed E-state index contributed by atoms with van der Waals surface area (Å²) in [5.41, 5.74) is 3.47. The number of phenols is 1. The first kappa shape index (κ1) is 12.5. The molecule has 0 amide bonds. The largest absolute Gasteiger partial charge is 0.507 e. The molecule has 1 N–H and O–H groups in total. The van der Waals surface area contributed by atoms with Gasteiger partial charge < -0.3 is 9.84 Å². The van der Waals surface area contributed by atoms with E-state index in [2.05, 4.69) is 15.9 Å². The molecule has 92 valence electrons. The zero-order chi connectivity index (χ0) is 12.8. The summed E-state index contributed by atoms with van der Waals surface area (Å²) in [5.74, 6) is 1.26. The fraction of sp³-hybridized carbons (Fsp3) is 0.429. The van der Waals surface area contributed by atoms with Crippen molar-refractivity contribution in [2.24, 2.45) is 0 Å². The van der Waals surface area contributed by atoms with Crippen molar-refractivity contribution < 1.29 is 9.84 Å². The number of hydrogen-bond acceptors (Lipinski definition) is 2. The van der Waals surface area contributed by atoms with E-state index in [-0.39, 0.29) is 5.60 Å². The first-order valence-corrected chi connectivity index (χ1v) is 6.78. The highest BCUT2D eigenvalue weighted by molar-refractivity contribution is 9.09. The van der Waals surface area contributed by atoms with Crippen molar-refractivity contribution in [3.8, 4) is 11.5 Å². The first-order valence-electron chi connectivity index (χ1n) is 5.66. The summed E-state index contributed by atoms with van der Waals surface area (Å²) in [6.45, 7) is 7.87. The minimum absolute atomic E-state index is 0.312. The van der Waals surface area contributed by atoms with E-state index in [0.717, 1.165) is 33.3 Å². The predicted octanol–water partition coefficient (Wildman–Crippen LogP) is 3.88. The summed E-state index contributed by atoms with van der Waals surface area (Å²) in [5, 5.41) is 10.8. The number of hydrogen-bond donors (Lipinski definition) is 1. The van der Waals surface area contributed by atoms with Crippen molar-refractivity contribution in [2.45, 2.75) is 33.3 Å². The molecule has 1 aromatic carbocycles. The van der Waals surface area contributed by atoms with Gasteiger partial charge in [0.1, 0.15) is 17.1 Å². The van der Waals surface area contributed by atoms with E-state index in [1.165, 1.54) is 0 Å². The zero-order valence-corrected chi connectivity index (χ0v) is 12.2. The van der Waals surface area contributed by atoms with Crippen molar-refractivity contribution in [2.75, 3.05) is 5.33 Å². The molecule has 0 saturated carbocycles. The van der Waals surface area contributed by atoms with Crippen molar-refractivity contribution in [3.05, 3.63) is 28.3 Å². The van der Waals surface area contributed by atoms with Crippen LogP contribution in [-0.4, -0.2) is 16.0 Å². The highest BCUT2D eigenvalue weighted by Crippen LogP contribution is 2.42. The molecule has 1 aromatic rings. The Hall–Kier alpha value is -0.960. The molecule has 2 nitrogen and oxygen atoms in total. The average molecular weight is 297 g/mol. The van der Waals surface area contributed by atoms with Crippen LogP contribution in [0.4, 0.5) is 0 Å². The number of fused-ring (bicyclic) bond motifs is 1. The van der Waals surface area contributed by atoms with Crippen LogP contribution in [0.15, 0.2) is 6.08 Å². The molecular formula is C14H17BrO2. The maximum Gasteiger partial charge on any atom is 0.134 e. The average Bonchev–Trinajstić information content (AvgIpc) is 2.33. The topological polar surface area (TPSA) is 29.5 Å². The minimum atomic E-state index is -0.312. The van der Waals surface area contributed by atoms with Gasteiger partial charge >= 0.3 is 0 Å². The van der Waals surface area contributed by atoms with E-state index in [1.54, 1.807) is 0 Å². The normalized spacial score (nSPS) is 22.2. The monoisotopic (exact) mass is 296 g/mol. The molecule has 1 aliphatic heterocycles. The Balaban J connectivity index is 2.67. The number of alkyl halides is 1. The van der Waals surface area contributed by atoms with Crippen LogP contribution in [0.25, 0.3) is 6.08 Å². The molecule has 1 heterocycles. The maximum atomic E-state index is 10.0. The van der Waals surface area contributed by atoms with Crippen molar-refractivity contribution in [3.63, 3.8) is 0 Å². The van der Waals surface area contributed by atoms with E-state index in [9.17, 15) is 5.11 Å². The maximum absolute atomic E-state index is 10.0. The van der Waals surface area contributed by atoms with Crippen LogP contribution in [-0.2, 0) is 0 Å². The lowest BCUT2D eigenvalue weighted by Crippen LogP contribution is -2.34. The highest BCUT2D eigenvalue weighted by Gasteiger charge is 2.29. The Morgan fingerprint density at radius 3 is 2.47 bits per heavy atom. The van der Waals surface area contributed by atoms with E-state index >= 15 is 0 Å². The van der Waals surface area contributed by atoms with Gasteiger partial charge in [0.05, 0.1) is 0 Å². The third-order valence-electron chi connectivity index (χ3n) is 3.47. The summed E-state index contributed by atoms with van der Waals surface area (Å²) < 4.78 is 6.07. The molecule has 0 aromatic heterocycles. The van der Waals surface area contributed by atoms with Crippen LogP contribution in [0, 0.1) is 20.8 Å². The Morgan fingerprint density at radius 2 is 1.88 bits per heavy atom. The van der Waals surface area contributed by atoms with Crippen LogP contribution >= 0.6 is 15.9 Å². The van der Waals surface area contributed by atoms with Gasteiger partial charge in [0.2, 0.25) is 0 Å². The highest BCUT2D eigenvalue weighted by atomic mass is 79.9. The molecule has 0 saturated heterocycles. The summed E-state index contributed by atoms with van der Waals surface area (Å²) >= 11 is 3.47. The number of halogens is 1. The van der Waals surface area contributed by atoms with Crippen LogP contribution in [0.3, 0.4) is 0 Å². The standard InChI is InChI=1S/C14H17BrO2/c1-8-9(2)13-11(10(3)12(8)16)5-6-14(4,7-15)17-13/h5-6,16H,7H2,1-4H3. The molecule has 17 heavy (non-hydrogen) atoms. The third kappa shape index (κ3) is 1.86. The van der Waals surface area contributed by atoms with Gasteiger partial charge in [-0.05, 0) is 44.9 Å². The lowest BCUT2D eigenvalue weighted by molar-refractivity contribution is 0.163. The third-order valence-corrected chi connectivity index (χ3v) is 4.58. The van der Waals surface area contributed by atoms with Crippen molar-refractivity contribution in [1.82, 2.24) is 0 Å². The smallest absolute Gasteiger partial charge is 0.134 e. The molecule has 0 fully saturated rings. The summed E-state index contributed by atoms with van der Waals surface area (Å²) in [6, 6.07) is 0. The second-order valence-corrected chi connectivity index (χ2v) is 5.41. The quantitative estimate of drug-likeness (QED) is 0.797. The fourth-order valence-corrected chi connectivity index (χ4v) is 2.36. The number of ether oxygens (including phenoxy) is 1. The number of aromatic hydroxyl groups is 1. The van der Waals surface area contributed by atoms with Crippen LogP contribution < -0.4 is 4.74 Å². The van der Waals surface area contributed by atoms with Crippen LogP contribution in [0.5, 0.6) is 11.5 Å². The lowest BCUT2D eigenvalue weighted by Gasteiger charge is -2.32. The fourth-order valence-electron chi connectivity index (χ4n) is 2.06. The minimum Gasteiger partial charge on any atom is -0.507 e. The molecule has 1 aliphatic rings. The van der Waals surface area contributed by atoms with Gasteiger partial charge in [-0.1, -0.05) is 22.0 Å². The van der Waals surface area contributed by atoms with Gasteiger partial charge in [-0.2, -0.15) is 0 Å². The Bertz CT molecular complexity index is 506. The van der Waals surface area contributed by atoms with Gasteiger partial charge in [-0.25, -0.2) is 0 Å². The van der Waals surface area contributed by atoms with Gasteiger partial charge in [-0.15, -0.1) is 0 Å². The van der Waals surface area contributed by atoms with Crippen molar-refractivity contribution >= 4 is 22.0 Å². The van der Waals surface area contributed by atoms with E-state index in [0.29, 0.717) is 5.75 Å². The number of benzene rings is 1. The van der Waals surface area contributed by atoms with Gasteiger partial charge in [0.15, 0.2) is 0 Å². The Kier molecular flexibility index (Phi) is 2.98. The van der Waals surface area contributed by atoms with Crippen molar-refractivity contribution in [1.29, 1.82) is 0 Å². The molecule has 0 aliphatic carbocycles. The summed E-state index contributed by atoms with van der Waals surface area (Å²) in [4.78, 5) is 0. The number of phenolic OH excluding ortho intramolecular Hbond substituents is 1. The second kappa shape index (κ2) is 4.05. The Morgan fingerprint density at radius 1 is 1.24 bits per heavy atom. The molecular weight excluding hydrogens is 280 g/mol.